The third-order valence-electron chi connectivity index (χ3n) is 7.42. The van der Waals surface area contributed by atoms with Crippen LogP contribution in [-0.2, 0) is 15.3 Å². The molecule has 0 bridgehead atoms. The number of Topliss-reactive ketones (excluding diaryl/α,β-unsaturated/α-hetero) is 1. The molecular formula is C33H31N5O4S2. The zero-order valence-corrected chi connectivity index (χ0v) is 26.2. The van der Waals surface area contributed by atoms with Crippen LogP contribution in [0.2, 0.25) is 0 Å². The van der Waals surface area contributed by atoms with Crippen LogP contribution in [0.25, 0.3) is 11.4 Å². The largest absolute Gasteiger partial charge is 0.505 e. The lowest BCUT2D eigenvalue weighted by Crippen LogP contribution is -2.29. The number of rotatable bonds is 10. The average molecular weight is 626 g/mol. The third kappa shape index (κ3) is 5.72. The van der Waals surface area contributed by atoms with Crippen molar-refractivity contribution in [1.29, 1.82) is 0 Å². The lowest BCUT2D eigenvalue weighted by atomic mass is 9.96. The van der Waals surface area contributed by atoms with Crippen molar-refractivity contribution in [3.05, 3.63) is 107 Å². The van der Waals surface area contributed by atoms with Gasteiger partial charge in [-0.1, -0.05) is 84.5 Å². The number of aliphatic hydroxyl groups is 1. The number of amides is 1. The average Bonchev–Trinajstić information content (AvgIpc) is 3.70. The molecule has 1 fully saturated rings. The standard InChI is InChI=1S/C33H31N5O4S2/c1-4-5-18-42-24-15-13-23(14-16-24)28-26(29(39)27-21(3)34-25-8-6-7-17-37(25)27)30(40)31(41)38(28)32-35-36-33(44-32)43-19-22-11-9-20(2)10-12-22/h6-17,28,39H,4-5,18-19H2,1-3H3/b29-26+. The molecule has 4 heterocycles. The van der Waals surface area contributed by atoms with Gasteiger partial charge in [0, 0.05) is 11.9 Å². The molecular weight excluding hydrogens is 595 g/mol. The molecule has 1 amide bonds. The van der Waals surface area contributed by atoms with Gasteiger partial charge < -0.3 is 9.84 Å². The summed E-state index contributed by atoms with van der Waals surface area (Å²) in [5.41, 5.74) is 4.43. The minimum absolute atomic E-state index is 0.0348. The highest BCUT2D eigenvalue weighted by molar-refractivity contribution is 8.00. The van der Waals surface area contributed by atoms with Crippen molar-refractivity contribution in [2.24, 2.45) is 0 Å². The number of carbonyl (C=O) groups excluding carboxylic acids is 2. The summed E-state index contributed by atoms with van der Waals surface area (Å²) in [6, 6.07) is 20.1. The Kier molecular flexibility index (Phi) is 8.49. The van der Waals surface area contributed by atoms with Gasteiger partial charge in [-0.05, 0) is 55.7 Å². The highest BCUT2D eigenvalue weighted by atomic mass is 32.2. The van der Waals surface area contributed by atoms with Crippen molar-refractivity contribution in [1.82, 2.24) is 19.6 Å². The Morgan fingerprint density at radius 1 is 1.02 bits per heavy atom. The van der Waals surface area contributed by atoms with Crippen LogP contribution in [0.1, 0.15) is 53.9 Å². The first-order chi connectivity index (χ1) is 21.4. The maximum absolute atomic E-state index is 13.7. The first-order valence-electron chi connectivity index (χ1n) is 14.4. The number of fused-ring (bicyclic) bond motifs is 1. The molecule has 3 aromatic heterocycles. The van der Waals surface area contributed by atoms with Crippen molar-refractivity contribution in [2.75, 3.05) is 11.5 Å². The number of ether oxygens (including phenoxy) is 1. The molecule has 9 nitrogen and oxygen atoms in total. The van der Waals surface area contributed by atoms with E-state index in [-0.39, 0.29) is 16.5 Å². The number of aliphatic hydroxyl groups excluding tert-OH is 1. The van der Waals surface area contributed by atoms with Crippen LogP contribution in [0.4, 0.5) is 5.13 Å². The predicted molar refractivity (Wildman–Crippen MR) is 172 cm³/mol. The molecule has 6 rings (SSSR count). The molecule has 0 aliphatic carbocycles. The molecule has 2 aromatic carbocycles. The minimum atomic E-state index is -0.934. The maximum atomic E-state index is 13.7. The van der Waals surface area contributed by atoms with Crippen LogP contribution < -0.4 is 9.64 Å². The summed E-state index contributed by atoms with van der Waals surface area (Å²) in [5, 5.41) is 20.7. The second-order valence-electron chi connectivity index (χ2n) is 10.5. The van der Waals surface area contributed by atoms with Gasteiger partial charge in [0.25, 0.3) is 5.78 Å². The van der Waals surface area contributed by atoms with E-state index in [0.29, 0.717) is 45.0 Å². The highest BCUT2D eigenvalue weighted by Gasteiger charge is 2.49. The molecule has 1 N–H and O–H groups in total. The van der Waals surface area contributed by atoms with Crippen LogP contribution in [0.3, 0.4) is 0 Å². The predicted octanol–water partition coefficient (Wildman–Crippen LogP) is 6.90. The number of benzene rings is 2. The van der Waals surface area contributed by atoms with Crippen molar-refractivity contribution >= 4 is 51.3 Å². The normalized spacial score (nSPS) is 16.2. The molecule has 44 heavy (non-hydrogen) atoms. The monoisotopic (exact) mass is 625 g/mol. The van der Waals surface area contributed by atoms with Crippen LogP contribution >= 0.6 is 23.1 Å². The van der Waals surface area contributed by atoms with Gasteiger partial charge in [0.15, 0.2) is 10.1 Å². The summed E-state index contributed by atoms with van der Waals surface area (Å²) < 4.78 is 8.22. The Morgan fingerprint density at radius 2 is 1.80 bits per heavy atom. The highest BCUT2D eigenvalue weighted by Crippen LogP contribution is 2.44. The third-order valence-corrected chi connectivity index (χ3v) is 9.55. The van der Waals surface area contributed by atoms with E-state index < -0.39 is 17.7 Å². The SMILES string of the molecule is CCCCOc1ccc(C2/C(=C(\O)c3c(C)nc4ccccn34)C(=O)C(=O)N2c2nnc(SCc3ccc(C)cc3)s2)cc1. The van der Waals surface area contributed by atoms with Crippen molar-refractivity contribution in [3.8, 4) is 5.75 Å². The van der Waals surface area contributed by atoms with Crippen LogP contribution in [0.5, 0.6) is 5.75 Å². The quantitative estimate of drug-likeness (QED) is 0.0446. The van der Waals surface area contributed by atoms with Gasteiger partial charge in [-0.15, -0.1) is 10.2 Å². The van der Waals surface area contributed by atoms with Gasteiger partial charge in [0.2, 0.25) is 5.13 Å². The number of aryl methyl sites for hydroxylation is 2. The summed E-state index contributed by atoms with van der Waals surface area (Å²) in [6.45, 7) is 6.50. The molecule has 0 spiro atoms. The first-order valence-corrected chi connectivity index (χ1v) is 16.2. The number of thioether (sulfide) groups is 1. The summed E-state index contributed by atoms with van der Waals surface area (Å²) in [4.78, 5) is 33.3. The molecule has 1 aliphatic heterocycles. The fourth-order valence-corrected chi connectivity index (χ4v) is 6.96. The second-order valence-corrected chi connectivity index (χ2v) is 12.7. The van der Waals surface area contributed by atoms with Crippen molar-refractivity contribution in [2.45, 2.75) is 49.7 Å². The van der Waals surface area contributed by atoms with Crippen LogP contribution in [0.15, 0.2) is 82.8 Å². The zero-order chi connectivity index (χ0) is 30.8. The molecule has 1 saturated heterocycles. The lowest BCUT2D eigenvalue weighted by molar-refractivity contribution is -0.132. The first kappa shape index (κ1) is 29.6. The Labute approximate surface area is 263 Å². The summed E-state index contributed by atoms with van der Waals surface area (Å²) in [6.07, 6.45) is 3.71. The number of ketones is 1. The van der Waals surface area contributed by atoms with E-state index in [2.05, 4.69) is 46.4 Å². The van der Waals surface area contributed by atoms with Crippen molar-refractivity contribution < 1.29 is 19.4 Å². The Morgan fingerprint density at radius 3 is 2.55 bits per heavy atom. The minimum Gasteiger partial charge on any atom is -0.505 e. The van der Waals surface area contributed by atoms with Crippen LogP contribution in [0, 0.1) is 13.8 Å². The number of hydrogen-bond donors (Lipinski definition) is 1. The number of carbonyl (C=O) groups is 2. The van der Waals surface area contributed by atoms with Gasteiger partial charge in [0.05, 0.1) is 23.9 Å². The molecule has 0 radical (unpaired) electrons. The molecule has 1 unspecified atom stereocenters. The molecule has 5 aromatic rings. The molecule has 224 valence electrons. The number of unbranched alkanes of at least 4 members (excludes halogenated alkanes) is 1. The fraction of sp³-hybridized carbons (Fsp3) is 0.242. The number of nitrogens with zero attached hydrogens (tertiary/aromatic N) is 5. The van der Waals surface area contributed by atoms with E-state index in [1.165, 1.54) is 33.6 Å². The van der Waals surface area contributed by atoms with Gasteiger partial charge in [-0.2, -0.15) is 0 Å². The van der Waals surface area contributed by atoms with E-state index in [1.54, 1.807) is 17.5 Å². The van der Waals surface area contributed by atoms with Gasteiger partial charge >= 0.3 is 5.91 Å². The summed E-state index contributed by atoms with van der Waals surface area (Å²) >= 11 is 2.75. The smallest absolute Gasteiger partial charge is 0.301 e. The van der Waals surface area contributed by atoms with Gasteiger partial charge in [-0.3, -0.25) is 18.9 Å². The van der Waals surface area contributed by atoms with Crippen molar-refractivity contribution in [3.63, 3.8) is 0 Å². The molecule has 1 aliphatic rings. The second kappa shape index (κ2) is 12.6. The number of hydrogen-bond acceptors (Lipinski definition) is 9. The Hall–Kier alpha value is -4.48. The molecule has 11 heteroatoms. The molecule has 1 atom stereocenters. The number of imidazole rings is 1. The van der Waals surface area contributed by atoms with E-state index >= 15 is 0 Å². The maximum Gasteiger partial charge on any atom is 0.301 e. The number of pyridine rings is 1. The van der Waals surface area contributed by atoms with E-state index in [4.69, 9.17) is 4.74 Å². The number of aromatic nitrogens is 4. The van der Waals surface area contributed by atoms with E-state index in [0.717, 1.165) is 18.4 Å². The Bertz CT molecular complexity index is 1860. The fourth-order valence-electron chi connectivity index (χ4n) is 5.14. The zero-order valence-electron chi connectivity index (χ0n) is 24.6. The summed E-state index contributed by atoms with van der Waals surface area (Å²) in [5.74, 6) is -0.511. The topological polar surface area (TPSA) is 110 Å². The summed E-state index contributed by atoms with van der Waals surface area (Å²) in [7, 11) is 0. The van der Waals surface area contributed by atoms with Gasteiger partial charge in [-0.25, -0.2) is 4.98 Å². The Balaban J connectivity index is 1.40. The number of anilines is 1. The van der Waals surface area contributed by atoms with E-state index in [1.807, 2.05) is 49.4 Å². The lowest BCUT2D eigenvalue weighted by Gasteiger charge is -2.22. The molecule has 0 saturated carbocycles. The van der Waals surface area contributed by atoms with E-state index in [9.17, 15) is 14.7 Å². The van der Waals surface area contributed by atoms with Crippen LogP contribution in [-0.4, -0.2) is 43.0 Å². The van der Waals surface area contributed by atoms with Gasteiger partial charge in [0.1, 0.15) is 17.1 Å².